The highest BCUT2D eigenvalue weighted by Crippen LogP contribution is 2.26. The molecule has 0 radical (unpaired) electrons. The lowest BCUT2D eigenvalue weighted by Crippen LogP contribution is -2.46. The van der Waals surface area contributed by atoms with Crippen LogP contribution in [0.3, 0.4) is 0 Å². The lowest BCUT2D eigenvalue weighted by molar-refractivity contribution is 0.315. The minimum atomic E-state index is -3.08. The van der Waals surface area contributed by atoms with Crippen molar-refractivity contribution in [2.45, 2.75) is 25.8 Å². The van der Waals surface area contributed by atoms with E-state index >= 15 is 0 Å². The highest BCUT2D eigenvalue weighted by Gasteiger charge is 2.29. The van der Waals surface area contributed by atoms with Gasteiger partial charge in [0.1, 0.15) is 17.8 Å². The third-order valence-electron chi connectivity index (χ3n) is 4.40. The summed E-state index contributed by atoms with van der Waals surface area (Å²) in [6.45, 7) is 2.84. The first-order valence-electron chi connectivity index (χ1n) is 7.51. The zero-order chi connectivity index (χ0) is 15.7. The van der Waals surface area contributed by atoms with E-state index in [0.29, 0.717) is 13.1 Å². The van der Waals surface area contributed by atoms with Crippen LogP contribution in [0.4, 0.5) is 5.82 Å². The summed E-state index contributed by atoms with van der Waals surface area (Å²) in [5, 5.41) is 0.994. The van der Waals surface area contributed by atoms with Gasteiger partial charge in [0.2, 0.25) is 10.0 Å². The Kier molecular flexibility index (Phi) is 4.05. The quantitative estimate of drug-likeness (QED) is 0.914. The Morgan fingerprint density at radius 1 is 1.36 bits per heavy atom. The van der Waals surface area contributed by atoms with Gasteiger partial charge in [0.15, 0.2) is 0 Å². The second-order valence-corrected chi connectivity index (χ2v) is 7.84. The van der Waals surface area contributed by atoms with Crippen molar-refractivity contribution in [3.8, 4) is 0 Å². The van der Waals surface area contributed by atoms with Crippen molar-refractivity contribution in [1.29, 1.82) is 0 Å². The minimum absolute atomic E-state index is 0.170. The van der Waals surface area contributed by atoms with Gasteiger partial charge >= 0.3 is 0 Å². The predicted molar refractivity (Wildman–Crippen MR) is 86.3 cm³/mol. The molecule has 0 atom stereocenters. The topological polar surface area (TPSA) is 82.2 Å². The number of H-pyrrole nitrogens is 1. The van der Waals surface area contributed by atoms with E-state index in [0.717, 1.165) is 29.7 Å². The Balaban J connectivity index is 1.75. The van der Waals surface area contributed by atoms with Crippen LogP contribution in [0.1, 0.15) is 19.8 Å². The summed E-state index contributed by atoms with van der Waals surface area (Å²) in [5.41, 5.74) is 0.822. The van der Waals surface area contributed by atoms with Crippen LogP contribution in [0, 0.1) is 0 Å². The summed E-state index contributed by atoms with van der Waals surface area (Å²) >= 11 is 0. The molecule has 1 aliphatic heterocycles. The maximum Gasteiger partial charge on any atom is 0.213 e. The van der Waals surface area contributed by atoms with Gasteiger partial charge in [-0.25, -0.2) is 22.7 Å². The molecule has 0 bridgehead atoms. The fourth-order valence-electron chi connectivity index (χ4n) is 3.00. The van der Waals surface area contributed by atoms with Crippen molar-refractivity contribution >= 4 is 26.9 Å². The molecule has 7 nitrogen and oxygen atoms in total. The van der Waals surface area contributed by atoms with Crippen molar-refractivity contribution < 1.29 is 8.42 Å². The number of anilines is 1. The first-order valence-corrected chi connectivity index (χ1v) is 9.12. The molecule has 3 rings (SSSR count). The van der Waals surface area contributed by atoms with Gasteiger partial charge in [-0.2, -0.15) is 0 Å². The lowest BCUT2D eigenvalue weighted by Gasteiger charge is -2.36. The second kappa shape index (κ2) is 5.85. The number of aromatic amines is 1. The van der Waals surface area contributed by atoms with Crippen molar-refractivity contribution in [3.05, 3.63) is 18.6 Å². The number of rotatable bonds is 4. The number of nitrogens with one attached hydrogen (secondary N) is 1. The maximum atomic E-state index is 11.9. The van der Waals surface area contributed by atoms with E-state index in [2.05, 4.69) is 19.9 Å². The molecular formula is C14H21N5O2S. The Bertz CT molecular complexity index is 749. The Labute approximate surface area is 130 Å². The molecule has 2 aromatic rings. The Morgan fingerprint density at radius 3 is 2.77 bits per heavy atom. The lowest BCUT2D eigenvalue weighted by atomic mass is 10.1. The number of hydrogen-bond acceptors (Lipinski definition) is 5. The summed E-state index contributed by atoms with van der Waals surface area (Å²) in [5.74, 6) is 1.06. The van der Waals surface area contributed by atoms with E-state index in [1.165, 1.54) is 0 Å². The fraction of sp³-hybridized carbons (Fsp3) is 0.571. The molecule has 2 aromatic heterocycles. The van der Waals surface area contributed by atoms with Gasteiger partial charge in [0, 0.05) is 32.4 Å². The van der Waals surface area contributed by atoms with Crippen LogP contribution in [-0.2, 0) is 10.0 Å². The summed E-state index contributed by atoms with van der Waals surface area (Å²) in [4.78, 5) is 13.8. The van der Waals surface area contributed by atoms with Gasteiger partial charge in [-0.1, -0.05) is 0 Å². The first kappa shape index (κ1) is 15.2. The third kappa shape index (κ3) is 2.68. The molecule has 0 aliphatic carbocycles. The van der Waals surface area contributed by atoms with Crippen molar-refractivity contribution in [2.75, 3.05) is 30.8 Å². The monoisotopic (exact) mass is 323 g/mol. The molecule has 0 saturated carbocycles. The molecule has 22 heavy (non-hydrogen) atoms. The normalized spacial score (nSPS) is 17.9. The predicted octanol–water partition coefficient (Wildman–Crippen LogP) is 1.21. The highest BCUT2D eigenvalue weighted by atomic mass is 32.2. The molecule has 1 saturated heterocycles. The Morgan fingerprint density at radius 2 is 2.09 bits per heavy atom. The van der Waals surface area contributed by atoms with E-state index in [1.54, 1.807) is 17.6 Å². The highest BCUT2D eigenvalue weighted by molar-refractivity contribution is 7.89. The van der Waals surface area contributed by atoms with Gasteiger partial charge in [-0.05, 0) is 25.8 Å². The van der Waals surface area contributed by atoms with E-state index in [9.17, 15) is 8.42 Å². The molecule has 0 aromatic carbocycles. The van der Waals surface area contributed by atoms with Crippen LogP contribution < -0.4 is 4.90 Å². The summed E-state index contributed by atoms with van der Waals surface area (Å²) in [7, 11) is -1.06. The van der Waals surface area contributed by atoms with Crippen LogP contribution in [-0.4, -0.2) is 59.6 Å². The number of fused-ring (bicyclic) bond motifs is 1. The number of hydrogen-bond donors (Lipinski definition) is 1. The molecule has 0 unspecified atom stereocenters. The second-order valence-electron chi connectivity index (χ2n) is 5.58. The van der Waals surface area contributed by atoms with Crippen molar-refractivity contribution in [2.24, 2.45) is 0 Å². The number of piperidine rings is 1. The fourth-order valence-corrected chi connectivity index (χ4v) is 4.14. The van der Waals surface area contributed by atoms with Crippen LogP contribution >= 0.6 is 0 Å². The van der Waals surface area contributed by atoms with Crippen LogP contribution in [0.2, 0.25) is 0 Å². The van der Waals surface area contributed by atoms with Gasteiger partial charge in [-0.3, -0.25) is 0 Å². The first-order chi connectivity index (χ1) is 10.5. The average molecular weight is 323 g/mol. The van der Waals surface area contributed by atoms with Gasteiger partial charge in [0.05, 0.1) is 11.1 Å². The third-order valence-corrected chi connectivity index (χ3v) is 6.28. The van der Waals surface area contributed by atoms with E-state index in [1.807, 2.05) is 19.3 Å². The van der Waals surface area contributed by atoms with E-state index in [4.69, 9.17) is 0 Å². The summed E-state index contributed by atoms with van der Waals surface area (Å²) < 4.78 is 25.5. The zero-order valence-electron chi connectivity index (χ0n) is 12.9. The number of aromatic nitrogens is 3. The number of nitrogens with zero attached hydrogens (tertiary/aromatic N) is 4. The Hall–Kier alpha value is -1.67. The molecule has 3 heterocycles. The van der Waals surface area contributed by atoms with Crippen molar-refractivity contribution in [3.63, 3.8) is 0 Å². The molecule has 8 heteroatoms. The summed E-state index contributed by atoms with van der Waals surface area (Å²) in [6.07, 6.45) is 5.03. The zero-order valence-corrected chi connectivity index (χ0v) is 13.7. The molecule has 0 amide bonds. The smallest absolute Gasteiger partial charge is 0.213 e. The van der Waals surface area contributed by atoms with Gasteiger partial charge < -0.3 is 9.88 Å². The minimum Gasteiger partial charge on any atom is -0.356 e. The summed E-state index contributed by atoms with van der Waals surface area (Å²) in [6, 6.07) is 2.26. The maximum absolute atomic E-state index is 11.9. The van der Waals surface area contributed by atoms with Crippen molar-refractivity contribution in [1.82, 2.24) is 19.3 Å². The average Bonchev–Trinajstić information content (AvgIpc) is 3.03. The van der Waals surface area contributed by atoms with Gasteiger partial charge in [0.25, 0.3) is 0 Å². The van der Waals surface area contributed by atoms with E-state index in [-0.39, 0.29) is 11.8 Å². The van der Waals surface area contributed by atoms with E-state index < -0.39 is 10.0 Å². The standard InChI is InChI=1S/C14H21N5O2S/c1-3-22(20,21)19-8-5-11(6-9-19)18(2)14-12-4-7-15-13(12)16-10-17-14/h4,7,10-11H,3,5-6,8-9H2,1-2H3,(H,15,16,17). The molecule has 120 valence electrons. The van der Waals surface area contributed by atoms with Crippen LogP contribution in [0.15, 0.2) is 18.6 Å². The molecule has 1 fully saturated rings. The largest absolute Gasteiger partial charge is 0.356 e. The molecule has 0 spiro atoms. The SMILES string of the molecule is CCS(=O)(=O)N1CCC(N(C)c2ncnc3[nH]ccc23)CC1. The number of sulfonamides is 1. The van der Waals surface area contributed by atoms with Crippen LogP contribution in [0.5, 0.6) is 0 Å². The molecule has 1 N–H and O–H groups in total. The molecule has 1 aliphatic rings. The van der Waals surface area contributed by atoms with Crippen LogP contribution in [0.25, 0.3) is 11.0 Å². The molecular weight excluding hydrogens is 302 g/mol. The van der Waals surface area contributed by atoms with Gasteiger partial charge in [-0.15, -0.1) is 0 Å².